The summed E-state index contributed by atoms with van der Waals surface area (Å²) >= 11 is 5.85. The van der Waals surface area contributed by atoms with E-state index in [1.165, 1.54) is 0 Å². The van der Waals surface area contributed by atoms with Crippen molar-refractivity contribution in [1.82, 2.24) is 0 Å². The summed E-state index contributed by atoms with van der Waals surface area (Å²) in [4.78, 5) is 14.2. The zero-order chi connectivity index (χ0) is 15.2. The van der Waals surface area contributed by atoms with Crippen molar-refractivity contribution < 1.29 is 9.90 Å². The van der Waals surface area contributed by atoms with E-state index in [1.54, 1.807) is 36.2 Å². The first-order valence-corrected chi connectivity index (χ1v) is 7.23. The average Bonchev–Trinajstić information content (AvgIpc) is 2.52. The van der Waals surface area contributed by atoms with Gasteiger partial charge in [0.05, 0.1) is 0 Å². The van der Waals surface area contributed by atoms with Gasteiger partial charge in [-0.2, -0.15) is 0 Å². The molecule has 0 bridgehead atoms. The van der Waals surface area contributed by atoms with Crippen LogP contribution >= 0.6 is 11.6 Å². The lowest BCUT2D eigenvalue weighted by molar-refractivity contribution is 0.0993. The number of aliphatic hydroxyl groups excluding tert-OH is 1. The van der Waals surface area contributed by atoms with Gasteiger partial charge in [0.2, 0.25) is 0 Å². The van der Waals surface area contributed by atoms with E-state index in [2.05, 4.69) is 0 Å². The van der Waals surface area contributed by atoms with E-state index in [4.69, 9.17) is 16.7 Å². The van der Waals surface area contributed by atoms with Gasteiger partial charge in [0.25, 0.3) is 5.91 Å². The summed E-state index contributed by atoms with van der Waals surface area (Å²) in [5, 5.41) is 9.59. The van der Waals surface area contributed by atoms with Gasteiger partial charge in [-0.3, -0.25) is 4.79 Å². The molecule has 0 atom stereocenters. The molecule has 110 valence electrons. The standard InChI is InChI=1S/C17H18ClNO2/c1-19(17(21)14-8-10-15(18)11-9-14)16-7-3-2-5-13(16)6-4-12-20/h2-3,5,7-11,20H,4,6,12H2,1H3. The van der Waals surface area contributed by atoms with E-state index in [1.807, 2.05) is 24.3 Å². The lowest BCUT2D eigenvalue weighted by Crippen LogP contribution is -2.27. The van der Waals surface area contributed by atoms with Crippen LogP contribution in [0, 0.1) is 0 Å². The molecule has 1 amide bonds. The van der Waals surface area contributed by atoms with Crippen molar-refractivity contribution in [3.8, 4) is 0 Å². The minimum absolute atomic E-state index is 0.0804. The third-order valence-corrected chi connectivity index (χ3v) is 3.60. The van der Waals surface area contributed by atoms with Crippen LogP contribution in [0.3, 0.4) is 0 Å². The Hall–Kier alpha value is -1.84. The summed E-state index contributed by atoms with van der Waals surface area (Å²) in [5.41, 5.74) is 2.51. The Morgan fingerprint density at radius 3 is 2.48 bits per heavy atom. The molecule has 4 heteroatoms. The summed E-state index contributed by atoms with van der Waals surface area (Å²) in [7, 11) is 1.76. The van der Waals surface area contributed by atoms with Crippen LogP contribution in [0.1, 0.15) is 22.3 Å². The van der Waals surface area contributed by atoms with Crippen LogP contribution in [0.25, 0.3) is 0 Å². The van der Waals surface area contributed by atoms with Gasteiger partial charge in [-0.1, -0.05) is 29.8 Å². The number of benzene rings is 2. The number of carbonyl (C=O) groups excluding carboxylic acids is 1. The lowest BCUT2D eigenvalue weighted by atomic mass is 10.1. The van der Waals surface area contributed by atoms with E-state index in [0.29, 0.717) is 17.0 Å². The molecule has 0 aliphatic rings. The molecule has 1 N–H and O–H groups in total. The molecule has 0 saturated carbocycles. The van der Waals surface area contributed by atoms with Crippen molar-refractivity contribution in [2.75, 3.05) is 18.6 Å². The van der Waals surface area contributed by atoms with Gasteiger partial charge in [0.15, 0.2) is 0 Å². The third kappa shape index (κ3) is 3.84. The number of carbonyl (C=O) groups is 1. The molecule has 0 saturated heterocycles. The Bertz CT molecular complexity index is 610. The highest BCUT2D eigenvalue weighted by Gasteiger charge is 2.15. The van der Waals surface area contributed by atoms with E-state index in [0.717, 1.165) is 17.7 Å². The fraction of sp³-hybridized carbons (Fsp3) is 0.235. The number of rotatable bonds is 5. The fourth-order valence-electron chi connectivity index (χ4n) is 2.21. The lowest BCUT2D eigenvalue weighted by Gasteiger charge is -2.21. The smallest absolute Gasteiger partial charge is 0.258 e. The largest absolute Gasteiger partial charge is 0.396 e. The monoisotopic (exact) mass is 303 g/mol. The highest BCUT2D eigenvalue weighted by Crippen LogP contribution is 2.22. The van der Waals surface area contributed by atoms with Crippen molar-refractivity contribution in [2.45, 2.75) is 12.8 Å². The predicted octanol–water partition coefficient (Wildman–Crippen LogP) is 3.54. The van der Waals surface area contributed by atoms with Crippen LogP contribution in [-0.2, 0) is 6.42 Å². The van der Waals surface area contributed by atoms with Gasteiger partial charge >= 0.3 is 0 Å². The number of amides is 1. The molecular formula is C17H18ClNO2. The van der Waals surface area contributed by atoms with E-state index in [-0.39, 0.29) is 12.5 Å². The maximum absolute atomic E-state index is 12.5. The van der Waals surface area contributed by atoms with Gasteiger partial charge in [0, 0.05) is 29.9 Å². The molecule has 0 aliphatic carbocycles. The van der Waals surface area contributed by atoms with Crippen molar-refractivity contribution in [3.05, 3.63) is 64.7 Å². The number of aryl methyl sites for hydroxylation is 1. The number of hydrogen-bond acceptors (Lipinski definition) is 2. The predicted molar refractivity (Wildman–Crippen MR) is 86.0 cm³/mol. The Morgan fingerprint density at radius 1 is 1.14 bits per heavy atom. The molecule has 3 nitrogen and oxygen atoms in total. The fourth-order valence-corrected chi connectivity index (χ4v) is 2.34. The van der Waals surface area contributed by atoms with Crippen molar-refractivity contribution in [1.29, 1.82) is 0 Å². The first-order valence-electron chi connectivity index (χ1n) is 6.86. The number of hydrogen-bond donors (Lipinski definition) is 1. The molecular weight excluding hydrogens is 286 g/mol. The molecule has 0 spiro atoms. The first kappa shape index (κ1) is 15.5. The molecule has 2 aromatic rings. The SMILES string of the molecule is CN(C(=O)c1ccc(Cl)cc1)c1ccccc1CCCO. The average molecular weight is 304 g/mol. The molecule has 0 unspecified atom stereocenters. The number of aliphatic hydroxyl groups is 1. The zero-order valence-electron chi connectivity index (χ0n) is 11.9. The second-order valence-corrected chi connectivity index (χ2v) is 5.26. The van der Waals surface area contributed by atoms with Crippen LogP contribution < -0.4 is 4.90 Å². The molecule has 0 fully saturated rings. The second-order valence-electron chi connectivity index (χ2n) is 4.83. The molecule has 21 heavy (non-hydrogen) atoms. The third-order valence-electron chi connectivity index (χ3n) is 3.35. The Balaban J connectivity index is 2.24. The van der Waals surface area contributed by atoms with Crippen molar-refractivity contribution in [2.24, 2.45) is 0 Å². The van der Waals surface area contributed by atoms with Crippen LogP contribution in [0.15, 0.2) is 48.5 Å². The first-order chi connectivity index (χ1) is 10.1. The van der Waals surface area contributed by atoms with Crippen LogP contribution in [-0.4, -0.2) is 24.7 Å². The highest BCUT2D eigenvalue weighted by molar-refractivity contribution is 6.30. The van der Waals surface area contributed by atoms with Crippen LogP contribution in [0.5, 0.6) is 0 Å². The minimum atomic E-state index is -0.0804. The minimum Gasteiger partial charge on any atom is -0.396 e. The van der Waals surface area contributed by atoms with Crippen LogP contribution in [0.4, 0.5) is 5.69 Å². The molecule has 0 heterocycles. The van der Waals surface area contributed by atoms with Gasteiger partial charge in [0.1, 0.15) is 0 Å². The summed E-state index contributed by atoms with van der Waals surface area (Å²) in [6.07, 6.45) is 1.42. The molecule has 2 aromatic carbocycles. The van der Waals surface area contributed by atoms with Crippen molar-refractivity contribution in [3.63, 3.8) is 0 Å². The summed E-state index contributed by atoms with van der Waals surface area (Å²) in [6.45, 7) is 0.142. The van der Waals surface area contributed by atoms with Crippen molar-refractivity contribution >= 4 is 23.2 Å². The Labute approximate surface area is 129 Å². The molecule has 0 aliphatic heterocycles. The maximum Gasteiger partial charge on any atom is 0.258 e. The van der Waals surface area contributed by atoms with Gasteiger partial charge in [-0.05, 0) is 48.7 Å². The molecule has 0 radical (unpaired) electrons. The van der Waals surface area contributed by atoms with E-state index < -0.39 is 0 Å². The topological polar surface area (TPSA) is 40.5 Å². The maximum atomic E-state index is 12.5. The van der Waals surface area contributed by atoms with E-state index >= 15 is 0 Å². The number of halogens is 1. The quantitative estimate of drug-likeness (QED) is 0.918. The number of nitrogens with zero attached hydrogens (tertiary/aromatic N) is 1. The Kier molecular flexibility index (Phi) is 5.37. The van der Waals surface area contributed by atoms with E-state index in [9.17, 15) is 4.79 Å². The van der Waals surface area contributed by atoms with Crippen LogP contribution in [0.2, 0.25) is 5.02 Å². The summed E-state index contributed by atoms with van der Waals surface area (Å²) in [5.74, 6) is -0.0804. The summed E-state index contributed by atoms with van der Waals surface area (Å²) < 4.78 is 0. The van der Waals surface area contributed by atoms with Gasteiger partial charge in [-0.25, -0.2) is 0 Å². The number of anilines is 1. The van der Waals surface area contributed by atoms with Gasteiger partial charge < -0.3 is 10.0 Å². The molecule has 0 aromatic heterocycles. The Morgan fingerprint density at radius 2 is 1.81 bits per heavy atom. The van der Waals surface area contributed by atoms with Gasteiger partial charge in [-0.15, -0.1) is 0 Å². The highest BCUT2D eigenvalue weighted by atomic mass is 35.5. The number of para-hydroxylation sites is 1. The molecule has 2 rings (SSSR count). The zero-order valence-corrected chi connectivity index (χ0v) is 12.7. The normalized spacial score (nSPS) is 10.4. The second kappa shape index (κ2) is 7.25. The summed E-state index contributed by atoms with van der Waals surface area (Å²) in [6, 6.07) is 14.6.